The maximum atomic E-state index is 7.24. The van der Waals surface area contributed by atoms with Crippen molar-refractivity contribution in [2.24, 2.45) is 0 Å². The second-order valence-corrected chi connectivity index (χ2v) is 3.43. The molecule has 0 saturated carbocycles. The van der Waals surface area contributed by atoms with E-state index < -0.39 is 0 Å². The predicted molar refractivity (Wildman–Crippen MR) is 59.1 cm³/mol. The summed E-state index contributed by atoms with van der Waals surface area (Å²) in [5.41, 5.74) is -0.155. The van der Waals surface area contributed by atoms with Crippen LogP contribution in [-0.2, 0) is 4.74 Å². The highest BCUT2D eigenvalue weighted by Gasteiger charge is 2.27. The van der Waals surface area contributed by atoms with Gasteiger partial charge in [0.2, 0.25) is 0 Å². The largest absolute Gasteiger partial charge is 0.375 e. The van der Waals surface area contributed by atoms with Gasteiger partial charge in [-0.2, -0.15) is 0 Å². The van der Waals surface area contributed by atoms with Gasteiger partial charge in [-0.15, -0.1) is 0 Å². The third kappa shape index (κ3) is 4.66. The molecule has 0 spiro atoms. The van der Waals surface area contributed by atoms with Crippen LogP contribution in [0, 0.1) is 0 Å². The van der Waals surface area contributed by atoms with E-state index in [1.807, 2.05) is 6.92 Å². The lowest BCUT2D eigenvalue weighted by Crippen LogP contribution is -2.32. The minimum Gasteiger partial charge on any atom is -0.375 e. The summed E-state index contributed by atoms with van der Waals surface area (Å²) in [6, 6.07) is 0. The molecule has 0 radical (unpaired) electrons. The number of hydrogen-bond acceptors (Lipinski definition) is 1. The Morgan fingerprint density at radius 3 is 1.77 bits per heavy atom. The van der Waals surface area contributed by atoms with Crippen molar-refractivity contribution >= 4 is 0 Å². The van der Waals surface area contributed by atoms with Gasteiger partial charge in [0.05, 0.1) is 5.60 Å². The van der Waals surface area contributed by atoms with Crippen LogP contribution in [0.25, 0.3) is 0 Å². The zero-order valence-corrected chi connectivity index (χ0v) is 8.98. The molecule has 1 heteroatoms. The molecule has 0 N–H and O–H groups in total. The van der Waals surface area contributed by atoms with E-state index in [9.17, 15) is 0 Å². The second kappa shape index (κ2) is 7.37. The van der Waals surface area contributed by atoms with Gasteiger partial charge < -0.3 is 4.74 Å². The average molecular weight is 192 g/mol. The first kappa shape index (κ1) is 8.28. The van der Waals surface area contributed by atoms with Crippen molar-refractivity contribution in [2.75, 3.05) is 6.61 Å². The summed E-state index contributed by atoms with van der Waals surface area (Å²) in [5, 5.41) is 0. The van der Waals surface area contributed by atoms with E-state index in [0.29, 0.717) is 27.3 Å². The summed E-state index contributed by atoms with van der Waals surface area (Å²) in [7, 11) is 0. The Morgan fingerprint density at radius 1 is 1.00 bits per heavy atom. The van der Waals surface area contributed by atoms with Gasteiger partial charge >= 0.3 is 0 Å². The van der Waals surface area contributed by atoms with Crippen molar-refractivity contribution in [1.82, 2.24) is 0 Å². The molecule has 0 rings (SSSR count). The molecule has 80 valence electrons. The zero-order chi connectivity index (χ0) is 12.3. The van der Waals surface area contributed by atoms with Crippen molar-refractivity contribution < 1.29 is 8.85 Å². The first-order chi connectivity index (χ1) is 7.74. The van der Waals surface area contributed by atoms with E-state index >= 15 is 0 Å². The topological polar surface area (TPSA) is 9.23 Å². The highest BCUT2D eigenvalue weighted by atomic mass is 16.5. The van der Waals surface area contributed by atoms with Crippen molar-refractivity contribution in [3.63, 3.8) is 0 Å². The van der Waals surface area contributed by atoms with Gasteiger partial charge in [-0.1, -0.05) is 40.0 Å². The molecule has 0 aliphatic rings. The summed E-state index contributed by atoms with van der Waals surface area (Å²) in [6.07, 6.45) is 5.29. The van der Waals surface area contributed by atoms with Crippen molar-refractivity contribution in [2.45, 2.75) is 71.7 Å². The normalized spacial score (nSPS) is 15.0. The lowest BCUT2D eigenvalue weighted by molar-refractivity contribution is -0.0591. The minimum absolute atomic E-state index is 0.155. The minimum atomic E-state index is -0.155. The fourth-order valence-electron chi connectivity index (χ4n) is 1.86. The standard InChI is InChI=1S/C12H26O/c1-5-9-12(10-6-2,11-7-3)13-8-4/h5-11H2,1-4H3/i1T,2T,3T. The lowest BCUT2D eigenvalue weighted by Gasteiger charge is -2.33. The van der Waals surface area contributed by atoms with Crippen LogP contribution in [0.5, 0.6) is 0 Å². The van der Waals surface area contributed by atoms with E-state index in [4.69, 9.17) is 8.85 Å². The molecule has 0 fully saturated rings. The van der Waals surface area contributed by atoms with E-state index in [1.165, 1.54) is 0 Å². The molecule has 0 amide bonds. The molecule has 0 saturated heterocycles. The SMILES string of the molecule is [3H]CCCC(CCC[3H])(CCC[3H])OCC. The molecule has 0 aliphatic carbocycles. The maximum Gasteiger partial charge on any atom is 0.0682 e. The smallest absolute Gasteiger partial charge is 0.0682 e. The van der Waals surface area contributed by atoms with Gasteiger partial charge in [-0.05, 0) is 26.2 Å². The van der Waals surface area contributed by atoms with Crippen molar-refractivity contribution in [1.29, 1.82) is 0 Å². The van der Waals surface area contributed by atoms with Crippen LogP contribution in [0.1, 0.15) is 70.3 Å². The number of rotatable bonds is 8. The van der Waals surface area contributed by atoms with E-state index in [-0.39, 0.29) is 5.60 Å². The van der Waals surface area contributed by atoms with Crippen LogP contribution >= 0.6 is 0 Å². The molecule has 0 aliphatic heterocycles. The Morgan fingerprint density at radius 2 is 1.46 bits per heavy atom. The Bertz CT molecular complexity index is 131. The van der Waals surface area contributed by atoms with Crippen LogP contribution in [0.15, 0.2) is 0 Å². The van der Waals surface area contributed by atoms with Crippen LogP contribution in [0.3, 0.4) is 0 Å². The summed E-state index contributed by atoms with van der Waals surface area (Å²) in [5.74, 6) is 0. The molecule has 0 unspecified atom stereocenters. The Labute approximate surface area is 88.1 Å². The van der Waals surface area contributed by atoms with Crippen LogP contribution in [0.2, 0.25) is 0 Å². The lowest BCUT2D eigenvalue weighted by atomic mass is 9.88. The number of ether oxygens (including phenoxy) is 1. The van der Waals surface area contributed by atoms with Crippen LogP contribution in [0.4, 0.5) is 0 Å². The fraction of sp³-hybridized carbons (Fsp3) is 1.00. The Balaban J connectivity index is 4.32. The third-order valence-corrected chi connectivity index (χ3v) is 2.35. The van der Waals surface area contributed by atoms with Crippen molar-refractivity contribution in [3.8, 4) is 0 Å². The van der Waals surface area contributed by atoms with Gasteiger partial charge in [0.15, 0.2) is 0 Å². The first-order valence-corrected chi connectivity index (χ1v) is 5.26. The van der Waals surface area contributed by atoms with Gasteiger partial charge in [0, 0.05) is 10.7 Å². The molecule has 0 aromatic rings. The molecule has 0 aromatic carbocycles. The summed E-state index contributed by atoms with van der Waals surface area (Å²) in [6.45, 7) is 4.01. The van der Waals surface area contributed by atoms with E-state index in [0.717, 1.165) is 38.5 Å². The molecule has 0 heterocycles. The molecular weight excluding hydrogens is 160 g/mol. The van der Waals surface area contributed by atoms with E-state index in [1.54, 1.807) is 0 Å². The predicted octanol–water partition coefficient (Wildman–Crippen LogP) is 4.16. The molecule has 0 atom stereocenters. The van der Waals surface area contributed by atoms with Crippen molar-refractivity contribution in [3.05, 3.63) is 0 Å². The third-order valence-electron chi connectivity index (χ3n) is 2.35. The quantitative estimate of drug-likeness (QED) is 0.561. The van der Waals surface area contributed by atoms with Gasteiger partial charge in [0.25, 0.3) is 0 Å². The summed E-state index contributed by atoms with van der Waals surface area (Å²) in [4.78, 5) is 0. The fourth-order valence-corrected chi connectivity index (χ4v) is 1.86. The monoisotopic (exact) mass is 192 g/mol. The maximum absolute atomic E-state index is 7.24. The second-order valence-electron chi connectivity index (χ2n) is 3.43. The van der Waals surface area contributed by atoms with Gasteiger partial charge in [-0.3, -0.25) is 0 Å². The van der Waals surface area contributed by atoms with Gasteiger partial charge in [0.1, 0.15) is 0 Å². The molecule has 0 bridgehead atoms. The Kier molecular flexibility index (Phi) is 4.70. The number of hydrogen-bond donors (Lipinski definition) is 0. The molecule has 0 aromatic heterocycles. The van der Waals surface area contributed by atoms with Crippen LogP contribution < -0.4 is 0 Å². The first-order valence-electron chi connectivity index (χ1n) is 7.38. The molecular formula is C12H26O. The summed E-state index contributed by atoms with van der Waals surface area (Å²) < 4.78 is 27.6. The Hall–Kier alpha value is -0.0400. The molecule has 13 heavy (non-hydrogen) atoms. The summed E-state index contributed by atoms with van der Waals surface area (Å²) >= 11 is 0. The zero-order valence-electron chi connectivity index (χ0n) is 12.0. The highest BCUT2D eigenvalue weighted by molar-refractivity contribution is 4.79. The van der Waals surface area contributed by atoms with Gasteiger partial charge in [-0.25, -0.2) is 0 Å². The molecule has 1 nitrogen and oxygen atoms in total. The highest BCUT2D eigenvalue weighted by Crippen LogP contribution is 2.29. The van der Waals surface area contributed by atoms with E-state index in [2.05, 4.69) is 0 Å². The van der Waals surface area contributed by atoms with Crippen LogP contribution in [-0.4, -0.2) is 12.2 Å². The average Bonchev–Trinajstić information content (AvgIpc) is 2.31.